The Hall–Kier alpha value is -0.220. The van der Waals surface area contributed by atoms with E-state index in [4.69, 9.17) is 10.8 Å². The molecule has 2 atom stereocenters. The van der Waals surface area contributed by atoms with Gasteiger partial charge in [-0.3, -0.25) is 4.79 Å². The van der Waals surface area contributed by atoms with Crippen molar-refractivity contribution in [3.63, 3.8) is 0 Å². The Bertz CT molecular complexity index is 163. The van der Waals surface area contributed by atoms with Crippen molar-refractivity contribution < 1.29 is 9.90 Å². The van der Waals surface area contributed by atoms with Gasteiger partial charge < -0.3 is 10.8 Å². The van der Waals surface area contributed by atoms with Crippen LogP contribution in [0.4, 0.5) is 0 Å². The predicted molar refractivity (Wildman–Crippen MR) is 50.3 cm³/mol. The molecule has 1 aliphatic heterocycles. The average molecular weight is 189 g/mol. The van der Waals surface area contributed by atoms with E-state index >= 15 is 0 Å². The topological polar surface area (TPSA) is 63.3 Å². The largest absolute Gasteiger partial charge is 0.481 e. The summed E-state index contributed by atoms with van der Waals surface area (Å²) in [7, 11) is 0. The number of carboxylic acids is 1. The van der Waals surface area contributed by atoms with Gasteiger partial charge in [0.2, 0.25) is 0 Å². The fraction of sp³-hybridized carbons (Fsp3) is 0.875. The average Bonchev–Trinajstić information content (AvgIpc) is 2.03. The van der Waals surface area contributed by atoms with Gasteiger partial charge in [-0.15, -0.1) is 0 Å². The van der Waals surface area contributed by atoms with Gasteiger partial charge in [0.25, 0.3) is 0 Å². The lowest BCUT2D eigenvalue weighted by Gasteiger charge is -2.27. The van der Waals surface area contributed by atoms with Crippen LogP contribution in [0.1, 0.15) is 19.3 Å². The van der Waals surface area contributed by atoms with E-state index in [0.29, 0.717) is 5.92 Å². The maximum Gasteiger partial charge on any atom is 0.303 e. The smallest absolute Gasteiger partial charge is 0.303 e. The molecule has 0 amide bonds. The summed E-state index contributed by atoms with van der Waals surface area (Å²) in [6.45, 7) is 0. The summed E-state index contributed by atoms with van der Waals surface area (Å²) in [5.41, 5.74) is 5.85. The minimum absolute atomic E-state index is 0.211. The van der Waals surface area contributed by atoms with Crippen LogP contribution in [0.15, 0.2) is 0 Å². The second-order valence-electron chi connectivity index (χ2n) is 3.22. The molecular formula is C8H15NO2S. The Balaban J connectivity index is 2.24. The molecule has 0 radical (unpaired) electrons. The summed E-state index contributed by atoms with van der Waals surface area (Å²) in [6, 6.07) is 0.211. The van der Waals surface area contributed by atoms with Gasteiger partial charge in [0.15, 0.2) is 0 Å². The van der Waals surface area contributed by atoms with Crippen LogP contribution in [0.2, 0.25) is 0 Å². The number of hydrogen-bond acceptors (Lipinski definition) is 3. The second kappa shape index (κ2) is 4.72. The van der Waals surface area contributed by atoms with E-state index in [1.54, 1.807) is 0 Å². The molecule has 0 aromatic heterocycles. The third kappa shape index (κ3) is 3.03. The number of aliphatic carboxylic acids is 1. The highest BCUT2D eigenvalue weighted by atomic mass is 32.2. The Labute approximate surface area is 76.7 Å². The Morgan fingerprint density at radius 3 is 3.00 bits per heavy atom. The number of rotatable bonds is 3. The molecule has 1 rings (SSSR count). The van der Waals surface area contributed by atoms with Crippen LogP contribution < -0.4 is 5.73 Å². The quantitative estimate of drug-likeness (QED) is 0.693. The highest BCUT2D eigenvalue weighted by Gasteiger charge is 2.22. The third-order valence-electron chi connectivity index (χ3n) is 2.28. The minimum Gasteiger partial charge on any atom is -0.481 e. The van der Waals surface area contributed by atoms with Crippen molar-refractivity contribution in [2.24, 2.45) is 11.7 Å². The van der Waals surface area contributed by atoms with Crippen molar-refractivity contribution in [2.45, 2.75) is 25.3 Å². The Morgan fingerprint density at radius 1 is 1.67 bits per heavy atom. The van der Waals surface area contributed by atoms with Gasteiger partial charge in [-0.05, 0) is 24.5 Å². The monoisotopic (exact) mass is 189 g/mol. The molecular weight excluding hydrogens is 174 g/mol. The van der Waals surface area contributed by atoms with Crippen LogP contribution >= 0.6 is 11.8 Å². The number of carbonyl (C=O) groups is 1. The fourth-order valence-corrected chi connectivity index (χ4v) is 2.65. The van der Waals surface area contributed by atoms with Crippen LogP contribution in [0, 0.1) is 5.92 Å². The number of thioether (sulfide) groups is 1. The maximum atomic E-state index is 10.3. The van der Waals surface area contributed by atoms with Gasteiger partial charge in [-0.1, -0.05) is 0 Å². The molecule has 12 heavy (non-hydrogen) atoms. The predicted octanol–water partition coefficient (Wildman–Crippen LogP) is 0.932. The van der Waals surface area contributed by atoms with E-state index in [-0.39, 0.29) is 12.5 Å². The van der Waals surface area contributed by atoms with Crippen molar-refractivity contribution >= 4 is 17.7 Å². The molecule has 1 fully saturated rings. The highest BCUT2D eigenvalue weighted by molar-refractivity contribution is 7.99. The van der Waals surface area contributed by atoms with E-state index in [1.807, 2.05) is 11.8 Å². The standard InChI is InChI=1S/C8H15NO2S/c9-7-5-12-4-3-6(7)1-2-8(10)11/h6-7H,1-5,9H2,(H,10,11). The molecule has 3 N–H and O–H groups in total. The van der Waals surface area contributed by atoms with Gasteiger partial charge in [-0.25, -0.2) is 0 Å². The van der Waals surface area contributed by atoms with Gasteiger partial charge in [-0.2, -0.15) is 11.8 Å². The van der Waals surface area contributed by atoms with Crippen LogP contribution in [0.25, 0.3) is 0 Å². The van der Waals surface area contributed by atoms with E-state index in [1.165, 1.54) is 0 Å². The van der Waals surface area contributed by atoms with Crippen molar-refractivity contribution in [2.75, 3.05) is 11.5 Å². The van der Waals surface area contributed by atoms with E-state index in [2.05, 4.69) is 0 Å². The van der Waals surface area contributed by atoms with Crippen molar-refractivity contribution in [1.82, 2.24) is 0 Å². The normalized spacial score (nSPS) is 30.1. The Kier molecular flexibility index (Phi) is 3.88. The molecule has 0 saturated carbocycles. The zero-order valence-corrected chi connectivity index (χ0v) is 7.85. The molecule has 0 aromatic rings. The summed E-state index contributed by atoms with van der Waals surface area (Å²) in [5.74, 6) is 1.85. The molecule has 0 aliphatic carbocycles. The Morgan fingerprint density at radius 2 is 2.42 bits per heavy atom. The molecule has 1 saturated heterocycles. The number of carboxylic acid groups (broad SMARTS) is 1. The van der Waals surface area contributed by atoms with Crippen LogP contribution in [0.3, 0.4) is 0 Å². The number of hydrogen-bond donors (Lipinski definition) is 2. The molecule has 1 aliphatic rings. The first-order valence-corrected chi connectivity index (χ1v) is 5.40. The fourth-order valence-electron chi connectivity index (χ4n) is 1.47. The first-order chi connectivity index (χ1) is 5.70. The van der Waals surface area contributed by atoms with Gasteiger partial charge >= 0.3 is 5.97 Å². The van der Waals surface area contributed by atoms with E-state index in [0.717, 1.165) is 24.3 Å². The molecule has 4 heteroatoms. The first-order valence-electron chi connectivity index (χ1n) is 4.25. The van der Waals surface area contributed by atoms with Crippen molar-refractivity contribution in [3.05, 3.63) is 0 Å². The van der Waals surface area contributed by atoms with Crippen molar-refractivity contribution in [3.8, 4) is 0 Å². The molecule has 1 heterocycles. The molecule has 70 valence electrons. The van der Waals surface area contributed by atoms with Gasteiger partial charge in [0.05, 0.1) is 0 Å². The summed E-state index contributed by atoms with van der Waals surface area (Å²) >= 11 is 1.87. The summed E-state index contributed by atoms with van der Waals surface area (Å²) in [5, 5.41) is 8.48. The van der Waals surface area contributed by atoms with Crippen LogP contribution in [-0.4, -0.2) is 28.6 Å². The summed E-state index contributed by atoms with van der Waals surface area (Å²) in [4.78, 5) is 10.3. The zero-order chi connectivity index (χ0) is 8.97. The lowest BCUT2D eigenvalue weighted by molar-refractivity contribution is -0.137. The molecule has 0 bridgehead atoms. The lowest BCUT2D eigenvalue weighted by atomic mass is 9.93. The third-order valence-corrected chi connectivity index (χ3v) is 3.42. The minimum atomic E-state index is -0.708. The zero-order valence-electron chi connectivity index (χ0n) is 7.03. The van der Waals surface area contributed by atoms with Crippen LogP contribution in [0.5, 0.6) is 0 Å². The highest BCUT2D eigenvalue weighted by Crippen LogP contribution is 2.25. The first kappa shape index (κ1) is 9.86. The maximum absolute atomic E-state index is 10.3. The second-order valence-corrected chi connectivity index (χ2v) is 4.37. The molecule has 0 spiro atoms. The number of nitrogens with two attached hydrogens (primary N) is 1. The van der Waals surface area contributed by atoms with E-state index < -0.39 is 5.97 Å². The molecule has 2 unspecified atom stereocenters. The molecule has 3 nitrogen and oxygen atoms in total. The van der Waals surface area contributed by atoms with Gasteiger partial charge in [0, 0.05) is 18.2 Å². The van der Waals surface area contributed by atoms with Crippen LogP contribution in [-0.2, 0) is 4.79 Å². The van der Waals surface area contributed by atoms with E-state index in [9.17, 15) is 4.79 Å². The van der Waals surface area contributed by atoms with Crippen molar-refractivity contribution in [1.29, 1.82) is 0 Å². The molecule has 0 aromatic carbocycles. The lowest BCUT2D eigenvalue weighted by Crippen LogP contribution is -2.36. The SMILES string of the molecule is NC1CSCCC1CCC(=O)O. The van der Waals surface area contributed by atoms with Gasteiger partial charge in [0.1, 0.15) is 0 Å². The summed E-state index contributed by atoms with van der Waals surface area (Å²) < 4.78 is 0. The summed E-state index contributed by atoms with van der Waals surface area (Å²) in [6.07, 6.45) is 2.10.